The normalized spacial score (nSPS) is 10.3. The molecule has 104 valence electrons. The summed E-state index contributed by atoms with van der Waals surface area (Å²) in [6, 6.07) is 4.33. The molecule has 0 aliphatic heterocycles. The molecule has 20 heavy (non-hydrogen) atoms. The van der Waals surface area contributed by atoms with Crippen LogP contribution in [0.1, 0.15) is 21.6 Å². The Morgan fingerprint density at radius 1 is 1.50 bits per heavy atom. The van der Waals surface area contributed by atoms with Gasteiger partial charge in [-0.25, -0.2) is 0 Å². The fourth-order valence-corrected chi connectivity index (χ4v) is 1.83. The van der Waals surface area contributed by atoms with E-state index in [-0.39, 0.29) is 11.3 Å². The van der Waals surface area contributed by atoms with Crippen molar-refractivity contribution in [2.75, 3.05) is 5.32 Å². The molecule has 1 heterocycles. The van der Waals surface area contributed by atoms with E-state index in [0.29, 0.717) is 18.5 Å². The van der Waals surface area contributed by atoms with Crippen LogP contribution in [-0.4, -0.2) is 21.0 Å². The molecule has 0 unspecified atom stereocenters. The average Bonchev–Trinajstić information content (AvgIpc) is 2.76. The summed E-state index contributed by atoms with van der Waals surface area (Å²) in [4.78, 5) is 21.2. The highest BCUT2D eigenvalue weighted by molar-refractivity contribution is 5.79. The molecule has 7 heteroatoms. The van der Waals surface area contributed by atoms with Crippen LogP contribution in [0.25, 0.3) is 0 Å². The molecule has 0 bridgehead atoms. The second-order valence-corrected chi connectivity index (χ2v) is 4.38. The number of carbonyl (C=O) groups is 1. The molecule has 1 aromatic carbocycles. The zero-order valence-electron chi connectivity index (χ0n) is 11.2. The number of rotatable bonds is 5. The lowest BCUT2D eigenvalue weighted by Crippen LogP contribution is -2.04. The number of hydrogen-bond acceptors (Lipinski definition) is 5. The van der Waals surface area contributed by atoms with Crippen LogP contribution in [0.3, 0.4) is 0 Å². The van der Waals surface area contributed by atoms with E-state index in [1.165, 1.54) is 12.1 Å². The van der Waals surface area contributed by atoms with Crippen molar-refractivity contribution >= 4 is 17.7 Å². The molecular formula is C13H14N4O3. The summed E-state index contributed by atoms with van der Waals surface area (Å²) in [7, 11) is 1.83. The van der Waals surface area contributed by atoms with Gasteiger partial charge in [0.25, 0.3) is 5.69 Å². The predicted molar refractivity (Wildman–Crippen MR) is 73.8 cm³/mol. The van der Waals surface area contributed by atoms with Gasteiger partial charge in [-0.05, 0) is 19.1 Å². The fourth-order valence-electron chi connectivity index (χ4n) is 1.83. The number of nitro benzene ring substituents is 1. The molecule has 2 rings (SSSR count). The van der Waals surface area contributed by atoms with Crippen LogP contribution in [-0.2, 0) is 13.6 Å². The Kier molecular flexibility index (Phi) is 3.79. The lowest BCUT2D eigenvalue weighted by molar-refractivity contribution is -0.384. The van der Waals surface area contributed by atoms with Crippen molar-refractivity contribution < 1.29 is 9.72 Å². The van der Waals surface area contributed by atoms with Crippen LogP contribution in [0.5, 0.6) is 0 Å². The number of anilines is 1. The quantitative estimate of drug-likeness (QED) is 0.512. The molecular weight excluding hydrogens is 260 g/mol. The molecule has 1 aromatic heterocycles. The van der Waals surface area contributed by atoms with Crippen LogP contribution in [0.4, 0.5) is 11.4 Å². The third-order valence-corrected chi connectivity index (χ3v) is 3.16. The fraction of sp³-hybridized carbons (Fsp3) is 0.231. The number of nitro groups is 1. The van der Waals surface area contributed by atoms with Crippen LogP contribution in [0, 0.1) is 17.0 Å². The molecule has 2 aromatic rings. The van der Waals surface area contributed by atoms with E-state index in [4.69, 9.17) is 0 Å². The maximum absolute atomic E-state index is 11.0. The summed E-state index contributed by atoms with van der Waals surface area (Å²) < 4.78 is 1.74. The van der Waals surface area contributed by atoms with Gasteiger partial charge in [-0.3, -0.25) is 19.6 Å². The summed E-state index contributed by atoms with van der Waals surface area (Å²) in [6.45, 7) is 2.36. The SMILES string of the molecule is Cc1c(CNc2ccc(C=O)cc2[N+](=O)[O-])cnn1C. The van der Waals surface area contributed by atoms with E-state index in [2.05, 4.69) is 10.4 Å². The van der Waals surface area contributed by atoms with Crippen LogP contribution in [0.15, 0.2) is 24.4 Å². The van der Waals surface area contributed by atoms with Gasteiger partial charge < -0.3 is 5.32 Å². The standard InChI is InChI=1S/C13H14N4O3/c1-9-11(7-15-16(9)2)6-14-12-4-3-10(8-18)5-13(12)17(19)20/h3-5,7-8,14H,6H2,1-2H3. The summed E-state index contributed by atoms with van der Waals surface area (Å²) in [5, 5.41) is 18.1. The minimum absolute atomic E-state index is 0.115. The molecule has 0 aliphatic rings. The third-order valence-electron chi connectivity index (χ3n) is 3.16. The molecule has 0 fully saturated rings. The van der Waals surface area contributed by atoms with Crippen LogP contribution in [0.2, 0.25) is 0 Å². The summed E-state index contributed by atoms with van der Waals surface area (Å²) in [5.41, 5.74) is 2.49. The van der Waals surface area contributed by atoms with Crippen LogP contribution < -0.4 is 5.32 Å². The van der Waals surface area contributed by atoms with Crippen molar-refractivity contribution in [3.8, 4) is 0 Å². The van der Waals surface area contributed by atoms with E-state index in [9.17, 15) is 14.9 Å². The predicted octanol–water partition coefficient (Wildman–Crippen LogP) is 2.06. The highest BCUT2D eigenvalue weighted by Crippen LogP contribution is 2.25. The number of nitrogens with zero attached hydrogens (tertiary/aromatic N) is 3. The van der Waals surface area contributed by atoms with E-state index < -0.39 is 4.92 Å². The Labute approximate surface area is 115 Å². The molecule has 0 aliphatic carbocycles. The third kappa shape index (κ3) is 2.66. The highest BCUT2D eigenvalue weighted by atomic mass is 16.6. The Bertz CT molecular complexity index is 664. The largest absolute Gasteiger partial charge is 0.375 e. The van der Waals surface area contributed by atoms with Crippen molar-refractivity contribution in [1.82, 2.24) is 9.78 Å². The van der Waals surface area contributed by atoms with Gasteiger partial charge in [-0.1, -0.05) is 0 Å². The van der Waals surface area contributed by atoms with Gasteiger partial charge in [0.1, 0.15) is 12.0 Å². The van der Waals surface area contributed by atoms with Gasteiger partial charge in [-0.15, -0.1) is 0 Å². The van der Waals surface area contributed by atoms with Crippen molar-refractivity contribution in [2.45, 2.75) is 13.5 Å². The van der Waals surface area contributed by atoms with Gasteiger partial charge in [0, 0.05) is 36.5 Å². The monoisotopic (exact) mass is 274 g/mol. The number of benzene rings is 1. The number of hydrogen-bond donors (Lipinski definition) is 1. The first kappa shape index (κ1) is 13.7. The first-order chi connectivity index (χ1) is 9.52. The number of nitrogens with one attached hydrogen (secondary N) is 1. The minimum Gasteiger partial charge on any atom is -0.375 e. The van der Waals surface area contributed by atoms with E-state index in [1.54, 1.807) is 16.9 Å². The highest BCUT2D eigenvalue weighted by Gasteiger charge is 2.15. The maximum atomic E-state index is 11.0. The lowest BCUT2D eigenvalue weighted by Gasteiger charge is -2.07. The summed E-state index contributed by atoms with van der Waals surface area (Å²) in [5.74, 6) is 0. The first-order valence-corrected chi connectivity index (χ1v) is 5.98. The summed E-state index contributed by atoms with van der Waals surface area (Å²) in [6.07, 6.45) is 2.30. The Morgan fingerprint density at radius 2 is 2.25 bits per heavy atom. The maximum Gasteiger partial charge on any atom is 0.293 e. The second-order valence-electron chi connectivity index (χ2n) is 4.38. The molecule has 0 saturated carbocycles. The smallest absolute Gasteiger partial charge is 0.293 e. The van der Waals surface area contributed by atoms with Gasteiger partial charge in [-0.2, -0.15) is 5.10 Å². The molecule has 0 saturated heterocycles. The molecule has 7 nitrogen and oxygen atoms in total. The van der Waals surface area contributed by atoms with Gasteiger partial charge in [0.05, 0.1) is 11.1 Å². The van der Waals surface area contributed by atoms with Crippen molar-refractivity contribution in [1.29, 1.82) is 0 Å². The zero-order chi connectivity index (χ0) is 14.7. The van der Waals surface area contributed by atoms with E-state index >= 15 is 0 Å². The van der Waals surface area contributed by atoms with Crippen molar-refractivity contribution in [2.24, 2.45) is 7.05 Å². The molecule has 0 amide bonds. The average molecular weight is 274 g/mol. The molecule has 0 atom stereocenters. The number of aromatic nitrogens is 2. The van der Waals surface area contributed by atoms with Crippen LogP contribution >= 0.6 is 0 Å². The Hall–Kier alpha value is -2.70. The Morgan fingerprint density at radius 3 is 2.80 bits per heavy atom. The lowest BCUT2D eigenvalue weighted by atomic mass is 10.2. The minimum atomic E-state index is -0.508. The van der Waals surface area contributed by atoms with Gasteiger partial charge in [0.2, 0.25) is 0 Å². The molecule has 0 spiro atoms. The van der Waals surface area contributed by atoms with E-state index in [0.717, 1.165) is 11.3 Å². The number of aldehydes is 1. The topological polar surface area (TPSA) is 90.1 Å². The van der Waals surface area contributed by atoms with Crippen molar-refractivity contribution in [3.05, 3.63) is 51.3 Å². The number of carbonyl (C=O) groups excluding carboxylic acids is 1. The van der Waals surface area contributed by atoms with Gasteiger partial charge in [0.15, 0.2) is 0 Å². The van der Waals surface area contributed by atoms with Crippen molar-refractivity contribution in [3.63, 3.8) is 0 Å². The zero-order valence-corrected chi connectivity index (χ0v) is 11.2. The Balaban J connectivity index is 2.23. The molecule has 1 N–H and O–H groups in total. The van der Waals surface area contributed by atoms with Gasteiger partial charge >= 0.3 is 0 Å². The van der Waals surface area contributed by atoms with E-state index in [1.807, 2.05) is 14.0 Å². The second kappa shape index (κ2) is 5.52. The number of aryl methyl sites for hydroxylation is 1. The first-order valence-electron chi connectivity index (χ1n) is 5.98. The summed E-state index contributed by atoms with van der Waals surface area (Å²) >= 11 is 0. The molecule has 0 radical (unpaired) electrons.